The van der Waals surface area contributed by atoms with Gasteiger partial charge in [0.05, 0.1) is 23.7 Å². The van der Waals surface area contributed by atoms with E-state index in [1.165, 1.54) is 6.07 Å². The molecule has 0 spiro atoms. The molecule has 4 rings (SSSR count). The number of carbonyl (C=O) groups excluding carboxylic acids is 1. The number of carbonyl (C=O) groups is 1. The highest BCUT2D eigenvalue weighted by molar-refractivity contribution is 5.86. The van der Waals surface area contributed by atoms with Gasteiger partial charge in [-0.05, 0) is 53.7 Å². The molecule has 1 amide bonds. The van der Waals surface area contributed by atoms with Crippen LogP contribution in [0, 0.1) is 19.7 Å². The third-order valence-electron chi connectivity index (χ3n) is 5.41. The lowest BCUT2D eigenvalue weighted by molar-refractivity contribution is 0.00790. The quantitative estimate of drug-likeness (QED) is 0.600. The van der Waals surface area contributed by atoms with E-state index in [-0.39, 0.29) is 12.0 Å². The van der Waals surface area contributed by atoms with E-state index in [9.17, 15) is 9.18 Å². The molecule has 32 heavy (non-hydrogen) atoms. The number of fused-ring (bicyclic) bond motifs is 1. The first kappa shape index (κ1) is 22.0. The van der Waals surface area contributed by atoms with Gasteiger partial charge in [0, 0.05) is 30.5 Å². The monoisotopic (exact) mass is 441 g/mol. The molecule has 170 valence electrons. The van der Waals surface area contributed by atoms with Crippen molar-refractivity contribution in [2.75, 3.05) is 19.7 Å². The molecule has 0 unspecified atom stereocenters. The lowest BCUT2D eigenvalue weighted by Gasteiger charge is -2.39. The number of amides is 1. The first-order valence-corrected chi connectivity index (χ1v) is 10.7. The highest BCUT2D eigenvalue weighted by Crippen LogP contribution is 2.34. The zero-order chi connectivity index (χ0) is 23.2. The number of likely N-dealkylation sites (tertiary alicyclic amines) is 1. The minimum absolute atomic E-state index is 0.00829. The Balaban J connectivity index is 1.66. The number of aromatic nitrogens is 4. The minimum atomic E-state index is -0.545. The van der Waals surface area contributed by atoms with Crippen molar-refractivity contribution in [3.63, 3.8) is 0 Å². The predicted molar refractivity (Wildman–Crippen MR) is 118 cm³/mol. The summed E-state index contributed by atoms with van der Waals surface area (Å²) in [6.07, 6.45) is -0.344. The number of rotatable bonds is 4. The van der Waals surface area contributed by atoms with Gasteiger partial charge in [-0.2, -0.15) is 15.3 Å². The SMILES string of the molecule is CCOc1ccc(-n2nc3c(C4CN(C(=O)OC(C)(C)C)C4)nnc(C)c3c2C)c(F)c1. The van der Waals surface area contributed by atoms with Crippen LogP contribution in [0.3, 0.4) is 0 Å². The molecule has 9 heteroatoms. The summed E-state index contributed by atoms with van der Waals surface area (Å²) in [6.45, 7) is 12.5. The number of aryl methyl sites for hydroxylation is 2. The van der Waals surface area contributed by atoms with Gasteiger partial charge in [-0.3, -0.25) is 0 Å². The van der Waals surface area contributed by atoms with Gasteiger partial charge in [0.15, 0.2) is 5.82 Å². The molecule has 0 saturated carbocycles. The predicted octanol–water partition coefficient (Wildman–Crippen LogP) is 4.30. The van der Waals surface area contributed by atoms with Crippen molar-refractivity contribution in [2.24, 2.45) is 0 Å². The molecule has 1 fully saturated rings. The molecule has 0 bridgehead atoms. The Morgan fingerprint density at radius 3 is 2.56 bits per heavy atom. The van der Waals surface area contributed by atoms with Crippen LogP contribution < -0.4 is 4.74 Å². The lowest BCUT2D eigenvalue weighted by Crippen LogP contribution is -2.50. The average molecular weight is 442 g/mol. The molecule has 2 aromatic heterocycles. The van der Waals surface area contributed by atoms with Gasteiger partial charge in [-0.1, -0.05) is 0 Å². The maximum absolute atomic E-state index is 14.8. The van der Waals surface area contributed by atoms with Crippen molar-refractivity contribution in [3.8, 4) is 11.4 Å². The fourth-order valence-electron chi connectivity index (χ4n) is 3.89. The molecule has 0 aliphatic carbocycles. The Morgan fingerprint density at radius 2 is 1.94 bits per heavy atom. The van der Waals surface area contributed by atoms with Crippen molar-refractivity contribution in [2.45, 2.75) is 53.1 Å². The Labute approximate surface area is 186 Å². The summed E-state index contributed by atoms with van der Waals surface area (Å²) in [5.74, 6) is 0.0396. The molecule has 8 nitrogen and oxygen atoms in total. The fourth-order valence-corrected chi connectivity index (χ4v) is 3.89. The van der Waals surface area contributed by atoms with Crippen LogP contribution in [0.4, 0.5) is 9.18 Å². The molecule has 1 aliphatic heterocycles. The summed E-state index contributed by atoms with van der Waals surface area (Å²) in [6, 6.07) is 4.74. The summed E-state index contributed by atoms with van der Waals surface area (Å²) < 4.78 is 27.3. The topological polar surface area (TPSA) is 82.4 Å². The van der Waals surface area contributed by atoms with Gasteiger partial charge < -0.3 is 14.4 Å². The second kappa shape index (κ2) is 8.03. The highest BCUT2D eigenvalue weighted by atomic mass is 19.1. The zero-order valence-electron chi connectivity index (χ0n) is 19.3. The fraction of sp³-hybridized carbons (Fsp3) is 0.478. The number of benzene rings is 1. The number of nitrogens with zero attached hydrogens (tertiary/aromatic N) is 5. The van der Waals surface area contributed by atoms with Gasteiger partial charge in [0.25, 0.3) is 0 Å². The second-order valence-electron chi connectivity index (χ2n) is 9.02. The number of ether oxygens (including phenoxy) is 2. The molecule has 1 aliphatic rings. The van der Waals surface area contributed by atoms with Gasteiger partial charge >= 0.3 is 6.09 Å². The van der Waals surface area contributed by atoms with Crippen LogP contribution >= 0.6 is 0 Å². The van der Waals surface area contributed by atoms with E-state index in [0.29, 0.717) is 42.3 Å². The molecule has 1 aromatic carbocycles. The summed E-state index contributed by atoms with van der Waals surface area (Å²) in [4.78, 5) is 13.9. The Morgan fingerprint density at radius 1 is 1.22 bits per heavy atom. The molecule has 3 heterocycles. The normalized spacial score (nSPS) is 14.5. The zero-order valence-corrected chi connectivity index (χ0v) is 19.3. The van der Waals surface area contributed by atoms with Crippen LogP contribution in [0.2, 0.25) is 0 Å². The number of hydrogen-bond donors (Lipinski definition) is 0. The van der Waals surface area contributed by atoms with Crippen LogP contribution in [0.1, 0.15) is 50.7 Å². The van der Waals surface area contributed by atoms with E-state index in [1.54, 1.807) is 21.7 Å². The average Bonchev–Trinajstić information content (AvgIpc) is 2.99. The Bertz CT molecular complexity index is 1180. The number of hydrogen-bond acceptors (Lipinski definition) is 6. The highest BCUT2D eigenvalue weighted by Gasteiger charge is 2.37. The standard InChI is InChI=1S/C23H28FN5O3/c1-7-31-16-8-9-18(17(24)10-16)29-14(3)19-13(2)25-26-20(21(19)27-29)15-11-28(12-15)22(30)32-23(4,5)6/h8-10,15H,7,11-12H2,1-6H3. The van der Waals surface area contributed by atoms with E-state index in [0.717, 1.165) is 16.8 Å². The first-order valence-electron chi connectivity index (χ1n) is 10.7. The summed E-state index contributed by atoms with van der Waals surface area (Å²) in [5, 5.41) is 14.3. The summed E-state index contributed by atoms with van der Waals surface area (Å²) in [5.41, 5.74) is 2.67. The number of halogens is 1. The van der Waals surface area contributed by atoms with Crippen molar-refractivity contribution in [1.29, 1.82) is 0 Å². The van der Waals surface area contributed by atoms with Crippen molar-refractivity contribution in [1.82, 2.24) is 24.9 Å². The van der Waals surface area contributed by atoms with Crippen LogP contribution in [-0.2, 0) is 4.74 Å². The van der Waals surface area contributed by atoms with Gasteiger partial charge in [0.2, 0.25) is 0 Å². The molecular formula is C23H28FN5O3. The third-order valence-corrected chi connectivity index (χ3v) is 5.41. The molecule has 0 atom stereocenters. The molecule has 0 radical (unpaired) electrons. The van der Waals surface area contributed by atoms with Crippen LogP contribution in [0.15, 0.2) is 18.2 Å². The minimum Gasteiger partial charge on any atom is -0.494 e. The van der Waals surface area contributed by atoms with Crippen molar-refractivity contribution >= 4 is 17.0 Å². The summed E-state index contributed by atoms with van der Waals surface area (Å²) >= 11 is 0. The Hall–Kier alpha value is -3.23. The second-order valence-corrected chi connectivity index (χ2v) is 9.02. The lowest BCUT2D eigenvalue weighted by atomic mass is 9.95. The van der Waals surface area contributed by atoms with Crippen molar-refractivity contribution < 1.29 is 18.7 Å². The van der Waals surface area contributed by atoms with Crippen LogP contribution in [-0.4, -0.2) is 56.3 Å². The van der Waals surface area contributed by atoms with E-state index < -0.39 is 11.4 Å². The van der Waals surface area contributed by atoms with Gasteiger partial charge in [-0.15, -0.1) is 0 Å². The molecule has 0 N–H and O–H groups in total. The van der Waals surface area contributed by atoms with E-state index in [4.69, 9.17) is 14.6 Å². The first-order chi connectivity index (χ1) is 15.1. The van der Waals surface area contributed by atoms with E-state index >= 15 is 0 Å². The maximum Gasteiger partial charge on any atom is 0.410 e. The molecular weight excluding hydrogens is 413 g/mol. The van der Waals surface area contributed by atoms with Crippen LogP contribution in [0.25, 0.3) is 16.6 Å². The van der Waals surface area contributed by atoms with Gasteiger partial charge in [-0.25, -0.2) is 13.9 Å². The van der Waals surface area contributed by atoms with Crippen molar-refractivity contribution in [3.05, 3.63) is 41.1 Å². The smallest absolute Gasteiger partial charge is 0.410 e. The van der Waals surface area contributed by atoms with E-state index in [2.05, 4.69) is 10.2 Å². The third kappa shape index (κ3) is 3.99. The molecule has 3 aromatic rings. The Kier molecular flexibility index (Phi) is 5.52. The summed E-state index contributed by atoms with van der Waals surface area (Å²) in [7, 11) is 0. The largest absolute Gasteiger partial charge is 0.494 e. The maximum atomic E-state index is 14.8. The molecule has 1 saturated heterocycles. The van der Waals surface area contributed by atoms with E-state index in [1.807, 2.05) is 41.5 Å². The van der Waals surface area contributed by atoms with Crippen LogP contribution in [0.5, 0.6) is 5.75 Å². The van der Waals surface area contributed by atoms with Gasteiger partial charge in [0.1, 0.15) is 22.6 Å².